The number of aliphatic carboxylic acids is 2. The summed E-state index contributed by atoms with van der Waals surface area (Å²) in [6.45, 7) is 3.70. The highest BCUT2D eigenvalue weighted by atomic mass is 16.5. The van der Waals surface area contributed by atoms with Crippen molar-refractivity contribution >= 4 is 17.6 Å². The van der Waals surface area contributed by atoms with Gasteiger partial charge >= 0.3 is 11.9 Å². The molecule has 0 bridgehead atoms. The molecule has 1 unspecified atom stereocenters. The molecule has 0 heterocycles. The Bertz CT molecular complexity index is 498. The van der Waals surface area contributed by atoms with Crippen LogP contribution in [0.25, 0.3) is 0 Å². The van der Waals surface area contributed by atoms with Crippen molar-refractivity contribution in [1.29, 1.82) is 0 Å². The average Bonchev–Trinajstić information content (AvgIpc) is 2.29. The molecule has 19 heavy (non-hydrogen) atoms. The first-order chi connectivity index (χ1) is 8.85. The lowest BCUT2D eigenvalue weighted by atomic mass is 10.1. The molecule has 0 aromatic heterocycles. The maximum absolute atomic E-state index is 11.1. The molecule has 104 valence electrons. The van der Waals surface area contributed by atoms with E-state index in [9.17, 15) is 9.59 Å². The molecule has 1 atom stereocenters. The highest BCUT2D eigenvalue weighted by Gasteiger charge is 2.23. The van der Waals surface area contributed by atoms with Crippen LogP contribution in [0.4, 0.5) is 5.69 Å². The molecular weight excluding hydrogens is 250 g/mol. The van der Waals surface area contributed by atoms with Crippen molar-refractivity contribution in [2.45, 2.75) is 26.3 Å². The summed E-state index contributed by atoms with van der Waals surface area (Å²) in [5.41, 5.74) is 2.28. The predicted molar refractivity (Wildman–Crippen MR) is 69.8 cm³/mol. The number of nitrogens with one attached hydrogen (secondary N) is 1. The number of methoxy groups -OCH3 is 1. The number of carbonyl (C=O) groups is 2. The first kappa shape index (κ1) is 14.8. The highest BCUT2D eigenvalue weighted by molar-refractivity contribution is 5.84. The molecular formula is C13H17NO5. The Morgan fingerprint density at radius 3 is 2.42 bits per heavy atom. The normalized spacial score (nSPS) is 11.7. The number of hydrogen-bond acceptors (Lipinski definition) is 4. The summed E-state index contributed by atoms with van der Waals surface area (Å²) < 4.78 is 5.19. The van der Waals surface area contributed by atoms with Crippen molar-refractivity contribution in [2.75, 3.05) is 12.4 Å². The highest BCUT2D eigenvalue weighted by Crippen LogP contribution is 2.30. The summed E-state index contributed by atoms with van der Waals surface area (Å²) in [5.74, 6) is -1.90. The zero-order valence-electron chi connectivity index (χ0n) is 11.1. The van der Waals surface area contributed by atoms with Crippen LogP contribution in [0.2, 0.25) is 0 Å². The Hall–Kier alpha value is -2.24. The van der Waals surface area contributed by atoms with E-state index in [2.05, 4.69) is 5.32 Å². The van der Waals surface area contributed by atoms with Crippen LogP contribution in [0, 0.1) is 13.8 Å². The van der Waals surface area contributed by atoms with Crippen molar-refractivity contribution in [3.05, 3.63) is 23.3 Å². The maximum Gasteiger partial charge on any atom is 0.326 e. The zero-order valence-corrected chi connectivity index (χ0v) is 11.1. The summed E-state index contributed by atoms with van der Waals surface area (Å²) in [6, 6.07) is 2.42. The van der Waals surface area contributed by atoms with Gasteiger partial charge in [0.1, 0.15) is 11.8 Å². The number of hydrogen-bond donors (Lipinski definition) is 3. The molecule has 1 aromatic rings. The Balaban J connectivity index is 3.08. The fourth-order valence-corrected chi connectivity index (χ4v) is 1.82. The van der Waals surface area contributed by atoms with E-state index in [1.807, 2.05) is 13.0 Å². The summed E-state index contributed by atoms with van der Waals surface area (Å²) in [4.78, 5) is 21.7. The van der Waals surface area contributed by atoms with E-state index in [4.69, 9.17) is 14.9 Å². The number of aryl methyl sites for hydroxylation is 2. The third kappa shape index (κ3) is 3.87. The Morgan fingerprint density at radius 1 is 1.32 bits per heavy atom. The molecule has 0 saturated carbocycles. The topological polar surface area (TPSA) is 95.9 Å². The smallest absolute Gasteiger partial charge is 0.326 e. The number of benzene rings is 1. The van der Waals surface area contributed by atoms with E-state index in [0.717, 1.165) is 11.1 Å². The summed E-state index contributed by atoms with van der Waals surface area (Å²) in [7, 11) is 1.48. The van der Waals surface area contributed by atoms with Crippen molar-refractivity contribution in [3.8, 4) is 5.75 Å². The number of carboxylic acids is 2. The van der Waals surface area contributed by atoms with E-state index in [0.29, 0.717) is 11.4 Å². The van der Waals surface area contributed by atoms with Crippen LogP contribution in [0.5, 0.6) is 5.75 Å². The number of carboxylic acid groups (broad SMARTS) is 2. The minimum absolute atomic E-state index is 0.495. The van der Waals surface area contributed by atoms with Crippen molar-refractivity contribution in [3.63, 3.8) is 0 Å². The molecule has 1 aromatic carbocycles. The predicted octanol–water partition coefficient (Wildman–Crippen LogP) is 1.65. The monoisotopic (exact) mass is 267 g/mol. The summed E-state index contributed by atoms with van der Waals surface area (Å²) in [5, 5.41) is 20.5. The zero-order chi connectivity index (χ0) is 14.6. The quantitative estimate of drug-likeness (QED) is 0.725. The lowest BCUT2D eigenvalue weighted by Gasteiger charge is -2.19. The molecule has 6 nitrogen and oxygen atoms in total. The van der Waals surface area contributed by atoms with E-state index < -0.39 is 24.4 Å². The molecule has 0 aliphatic rings. The van der Waals surface area contributed by atoms with Crippen molar-refractivity contribution < 1.29 is 24.5 Å². The third-order valence-corrected chi connectivity index (χ3v) is 2.66. The molecule has 1 rings (SSSR count). The SMILES string of the molecule is COc1cc(C)cc(C)c1NC(CC(=O)O)C(=O)O. The first-order valence-corrected chi connectivity index (χ1v) is 5.71. The van der Waals surface area contributed by atoms with E-state index in [-0.39, 0.29) is 0 Å². The van der Waals surface area contributed by atoms with Gasteiger partial charge in [0.15, 0.2) is 0 Å². The fraction of sp³-hybridized carbons (Fsp3) is 0.385. The van der Waals surface area contributed by atoms with Crippen molar-refractivity contribution in [1.82, 2.24) is 0 Å². The van der Waals surface area contributed by atoms with Crippen LogP contribution in [-0.4, -0.2) is 35.3 Å². The van der Waals surface area contributed by atoms with Crippen LogP contribution in [0.15, 0.2) is 12.1 Å². The van der Waals surface area contributed by atoms with Crippen molar-refractivity contribution in [2.24, 2.45) is 0 Å². The van der Waals surface area contributed by atoms with Gasteiger partial charge in [0.25, 0.3) is 0 Å². The van der Waals surface area contributed by atoms with Crippen LogP contribution in [0.3, 0.4) is 0 Å². The summed E-state index contributed by atoms with van der Waals surface area (Å²) in [6.07, 6.45) is -0.508. The van der Waals surface area contributed by atoms with Gasteiger partial charge in [0.05, 0.1) is 19.2 Å². The minimum Gasteiger partial charge on any atom is -0.495 e. The summed E-state index contributed by atoms with van der Waals surface area (Å²) >= 11 is 0. The lowest BCUT2D eigenvalue weighted by Crippen LogP contribution is -2.32. The second kappa shape index (κ2) is 6.08. The molecule has 3 N–H and O–H groups in total. The molecule has 0 fully saturated rings. The van der Waals surface area contributed by atoms with Crippen LogP contribution >= 0.6 is 0 Å². The van der Waals surface area contributed by atoms with Gasteiger partial charge in [-0.1, -0.05) is 6.07 Å². The fourth-order valence-electron chi connectivity index (χ4n) is 1.82. The van der Waals surface area contributed by atoms with Gasteiger partial charge in [-0.05, 0) is 31.0 Å². The molecule has 0 aliphatic carbocycles. The molecule has 0 spiro atoms. The van der Waals surface area contributed by atoms with Gasteiger partial charge in [0, 0.05) is 0 Å². The number of ether oxygens (including phenoxy) is 1. The van der Waals surface area contributed by atoms with E-state index >= 15 is 0 Å². The van der Waals surface area contributed by atoms with Gasteiger partial charge < -0.3 is 20.3 Å². The second-order valence-corrected chi connectivity index (χ2v) is 4.29. The number of rotatable bonds is 6. The minimum atomic E-state index is -1.22. The van der Waals surface area contributed by atoms with Gasteiger partial charge in [0.2, 0.25) is 0 Å². The Kier molecular flexibility index (Phi) is 4.74. The van der Waals surface area contributed by atoms with E-state index in [1.54, 1.807) is 13.0 Å². The largest absolute Gasteiger partial charge is 0.495 e. The Labute approximate surface area is 111 Å². The average molecular weight is 267 g/mol. The third-order valence-electron chi connectivity index (χ3n) is 2.66. The molecule has 6 heteroatoms. The molecule has 0 radical (unpaired) electrons. The Morgan fingerprint density at radius 2 is 1.95 bits per heavy atom. The van der Waals surface area contributed by atoms with Crippen LogP contribution in [0.1, 0.15) is 17.5 Å². The standard InChI is InChI=1S/C13H17NO5/c1-7-4-8(2)12(10(5-7)19-3)14-9(13(17)18)6-11(15)16/h4-5,9,14H,6H2,1-3H3,(H,15,16)(H,17,18). The molecule has 0 aliphatic heterocycles. The van der Waals surface area contributed by atoms with Gasteiger partial charge in [-0.15, -0.1) is 0 Å². The maximum atomic E-state index is 11.1. The van der Waals surface area contributed by atoms with Crippen LogP contribution in [-0.2, 0) is 9.59 Å². The lowest BCUT2D eigenvalue weighted by molar-refractivity contribution is -0.144. The second-order valence-electron chi connectivity index (χ2n) is 4.29. The van der Waals surface area contributed by atoms with E-state index in [1.165, 1.54) is 7.11 Å². The van der Waals surface area contributed by atoms with Gasteiger partial charge in [-0.2, -0.15) is 0 Å². The molecule has 0 amide bonds. The van der Waals surface area contributed by atoms with Gasteiger partial charge in [-0.25, -0.2) is 4.79 Å². The van der Waals surface area contributed by atoms with Crippen LogP contribution < -0.4 is 10.1 Å². The molecule has 0 saturated heterocycles. The number of anilines is 1. The van der Waals surface area contributed by atoms with Gasteiger partial charge in [-0.3, -0.25) is 4.79 Å². The first-order valence-electron chi connectivity index (χ1n) is 5.71.